The van der Waals surface area contributed by atoms with Crippen LogP contribution < -0.4 is 9.44 Å². The summed E-state index contributed by atoms with van der Waals surface area (Å²) >= 11 is 0. The molecule has 2 aromatic carbocycles. The summed E-state index contributed by atoms with van der Waals surface area (Å²) in [5.74, 6) is 0. The lowest BCUT2D eigenvalue weighted by atomic mass is 9.87. The van der Waals surface area contributed by atoms with Crippen molar-refractivity contribution >= 4 is 20.0 Å². The third kappa shape index (κ3) is 8.64. The topological polar surface area (TPSA) is 98.8 Å². The van der Waals surface area contributed by atoms with Crippen LogP contribution in [0.5, 0.6) is 0 Å². The number of piperazine rings is 1. The fraction of sp³-hybridized carbons (Fsp3) is 0.538. The Morgan fingerprint density at radius 2 is 1.08 bits per heavy atom. The molecule has 10 heteroatoms. The van der Waals surface area contributed by atoms with Gasteiger partial charge in [0.05, 0.1) is 9.79 Å². The monoisotopic (exact) mass is 536 g/mol. The SMILES string of the molecule is CC(C)(C)c1ccc(S(=O)(=O)NCCCN2CCN(CCCNS(=O)(=O)c3ccccc3)CC2)cc1. The highest BCUT2D eigenvalue weighted by atomic mass is 32.2. The Morgan fingerprint density at radius 1 is 0.667 bits per heavy atom. The molecule has 0 saturated carbocycles. The van der Waals surface area contributed by atoms with Crippen molar-refractivity contribution in [2.45, 2.75) is 48.8 Å². The van der Waals surface area contributed by atoms with E-state index in [0.717, 1.165) is 57.7 Å². The summed E-state index contributed by atoms with van der Waals surface area (Å²) in [5, 5.41) is 0. The Kier molecular flexibility index (Phi) is 10.1. The molecule has 0 spiro atoms. The van der Waals surface area contributed by atoms with Crippen LogP contribution >= 0.6 is 0 Å². The first kappa shape index (κ1) is 28.7. The second-order valence-corrected chi connectivity index (χ2v) is 13.8. The van der Waals surface area contributed by atoms with Crippen molar-refractivity contribution in [1.82, 2.24) is 19.2 Å². The van der Waals surface area contributed by atoms with Gasteiger partial charge in [-0.3, -0.25) is 0 Å². The van der Waals surface area contributed by atoms with Gasteiger partial charge in [0.25, 0.3) is 0 Å². The zero-order chi connectivity index (χ0) is 26.2. The van der Waals surface area contributed by atoms with E-state index < -0.39 is 20.0 Å². The normalized spacial score (nSPS) is 16.3. The lowest BCUT2D eigenvalue weighted by Gasteiger charge is -2.34. The van der Waals surface area contributed by atoms with Gasteiger partial charge in [-0.15, -0.1) is 0 Å². The molecule has 1 heterocycles. The molecule has 0 aliphatic carbocycles. The lowest BCUT2D eigenvalue weighted by molar-refractivity contribution is 0.131. The van der Waals surface area contributed by atoms with E-state index in [1.165, 1.54) is 0 Å². The van der Waals surface area contributed by atoms with Crippen LogP contribution in [0.3, 0.4) is 0 Å². The summed E-state index contributed by atoms with van der Waals surface area (Å²) in [6, 6.07) is 15.5. The van der Waals surface area contributed by atoms with Gasteiger partial charge in [-0.05, 0) is 61.2 Å². The third-order valence-corrected chi connectivity index (χ3v) is 9.39. The minimum absolute atomic E-state index is 0.0142. The van der Waals surface area contributed by atoms with Crippen LogP contribution in [0.2, 0.25) is 0 Å². The first-order valence-electron chi connectivity index (χ1n) is 12.6. The number of hydrogen-bond acceptors (Lipinski definition) is 6. The Labute approximate surface area is 217 Å². The van der Waals surface area contributed by atoms with Gasteiger partial charge in [0.2, 0.25) is 20.0 Å². The Balaban J connectivity index is 1.30. The zero-order valence-electron chi connectivity index (χ0n) is 21.6. The molecule has 1 aliphatic rings. The van der Waals surface area contributed by atoms with Crippen LogP contribution in [0, 0.1) is 0 Å². The van der Waals surface area contributed by atoms with Gasteiger partial charge in [0.15, 0.2) is 0 Å². The van der Waals surface area contributed by atoms with Gasteiger partial charge < -0.3 is 9.80 Å². The second-order valence-electron chi connectivity index (χ2n) is 10.3. The number of hydrogen-bond donors (Lipinski definition) is 2. The third-order valence-electron chi connectivity index (χ3n) is 6.44. The van der Waals surface area contributed by atoms with Crippen LogP contribution in [0.15, 0.2) is 64.4 Å². The highest BCUT2D eigenvalue weighted by Gasteiger charge is 2.19. The maximum Gasteiger partial charge on any atom is 0.240 e. The molecule has 2 N–H and O–H groups in total. The molecule has 1 saturated heterocycles. The average molecular weight is 537 g/mol. The molecule has 36 heavy (non-hydrogen) atoms. The van der Waals surface area contributed by atoms with Crippen molar-refractivity contribution in [2.24, 2.45) is 0 Å². The molecular formula is C26H40N4O4S2. The molecule has 3 rings (SSSR count). The van der Waals surface area contributed by atoms with Crippen LogP contribution in [-0.4, -0.2) is 79.0 Å². The summed E-state index contributed by atoms with van der Waals surface area (Å²) < 4.78 is 55.1. The van der Waals surface area contributed by atoms with Gasteiger partial charge >= 0.3 is 0 Å². The molecule has 0 bridgehead atoms. The van der Waals surface area contributed by atoms with Crippen LogP contribution in [0.4, 0.5) is 0 Å². The number of benzene rings is 2. The van der Waals surface area contributed by atoms with Crippen LogP contribution in [0.1, 0.15) is 39.2 Å². The smallest absolute Gasteiger partial charge is 0.240 e. The molecule has 0 atom stereocenters. The molecule has 0 unspecified atom stereocenters. The van der Waals surface area contributed by atoms with E-state index in [2.05, 4.69) is 40.0 Å². The first-order valence-corrected chi connectivity index (χ1v) is 15.5. The number of nitrogens with one attached hydrogen (secondary N) is 2. The van der Waals surface area contributed by atoms with Crippen molar-refractivity contribution in [1.29, 1.82) is 0 Å². The molecule has 0 aromatic heterocycles. The summed E-state index contributed by atoms with van der Waals surface area (Å²) in [7, 11) is -6.95. The Hall–Kier alpha value is -1.82. The first-order chi connectivity index (χ1) is 17.0. The molecule has 200 valence electrons. The largest absolute Gasteiger partial charge is 0.301 e. The lowest BCUT2D eigenvalue weighted by Crippen LogP contribution is -2.47. The molecule has 8 nitrogen and oxygen atoms in total. The van der Waals surface area contributed by atoms with Crippen molar-refractivity contribution < 1.29 is 16.8 Å². The van der Waals surface area contributed by atoms with Crippen molar-refractivity contribution in [3.8, 4) is 0 Å². The van der Waals surface area contributed by atoms with E-state index >= 15 is 0 Å². The van der Waals surface area contributed by atoms with Crippen molar-refractivity contribution in [3.05, 3.63) is 60.2 Å². The quantitative estimate of drug-likeness (QED) is 0.405. The minimum atomic E-state index is -3.50. The van der Waals surface area contributed by atoms with Crippen LogP contribution in [-0.2, 0) is 25.5 Å². The summed E-state index contributed by atoms with van der Waals surface area (Å²) in [4.78, 5) is 5.28. The zero-order valence-corrected chi connectivity index (χ0v) is 23.2. The summed E-state index contributed by atoms with van der Waals surface area (Å²) in [6.07, 6.45) is 1.51. The minimum Gasteiger partial charge on any atom is -0.301 e. The summed E-state index contributed by atoms with van der Waals surface area (Å²) in [5.41, 5.74) is 1.09. The second kappa shape index (κ2) is 12.6. The molecular weight excluding hydrogens is 496 g/mol. The predicted octanol–water partition coefficient (Wildman–Crippen LogP) is 2.64. The molecule has 2 aromatic rings. The predicted molar refractivity (Wildman–Crippen MR) is 144 cm³/mol. The van der Waals surface area contributed by atoms with Crippen molar-refractivity contribution in [3.63, 3.8) is 0 Å². The summed E-state index contributed by atoms with van der Waals surface area (Å²) in [6.45, 7) is 12.5. The van der Waals surface area contributed by atoms with E-state index in [0.29, 0.717) is 22.9 Å². The molecule has 1 fully saturated rings. The number of sulfonamides is 2. The Bertz CT molecular complexity index is 1150. The maximum atomic E-state index is 12.6. The molecule has 0 amide bonds. The standard InChI is InChI=1S/C26H40N4O4S2/c1-26(2,3)23-11-13-25(14-12-23)36(33,34)28-16-8-18-30-21-19-29(20-22-30)17-7-15-27-35(31,32)24-9-5-4-6-10-24/h4-6,9-14,27-28H,7-8,15-22H2,1-3H3. The van der Waals surface area contributed by atoms with E-state index in [-0.39, 0.29) is 5.41 Å². The molecule has 1 aliphatic heterocycles. The van der Waals surface area contributed by atoms with Gasteiger partial charge in [-0.1, -0.05) is 51.1 Å². The fourth-order valence-electron chi connectivity index (χ4n) is 4.16. The van der Waals surface area contributed by atoms with Crippen LogP contribution in [0.25, 0.3) is 0 Å². The van der Waals surface area contributed by atoms with Gasteiger partial charge in [-0.2, -0.15) is 0 Å². The van der Waals surface area contributed by atoms with E-state index in [9.17, 15) is 16.8 Å². The van der Waals surface area contributed by atoms with Gasteiger partial charge in [0.1, 0.15) is 0 Å². The van der Waals surface area contributed by atoms with E-state index in [1.54, 1.807) is 42.5 Å². The number of rotatable bonds is 12. The van der Waals surface area contributed by atoms with E-state index in [4.69, 9.17) is 0 Å². The van der Waals surface area contributed by atoms with Gasteiger partial charge in [0, 0.05) is 39.3 Å². The van der Waals surface area contributed by atoms with Crippen molar-refractivity contribution in [2.75, 3.05) is 52.4 Å². The maximum absolute atomic E-state index is 12.6. The highest BCUT2D eigenvalue weighted by molar-refractivity contribution is 7.89. The Morgan fingerprint density at radius 3 is 1.50 bits per heavy atom. The van der Waals surface area contributed by atoms with Gasteiger partial charge in [-0.25, -0.2) is 26.3 Å². The highest BCUT2D eigenvalue weighted by Crippen LogP contribution is 2.23. The fourth-order valence-corrected chi connectivity index (χ4v) is 6.32. The molecule has 0 radical (unpaired) electrons. The average Bonchev–Trinajstić information content (AvgIpc) is 2.85. The van der Waals surface area contributed by atoms with E-state index in [1.807, 2.05) is 12.1 Å². The number of nitrogens with zero attached hydrogens (tertiary/aromatic N) is 2.